The van der Waals surface area contributed by atoms with E-state index in [9.17, 15) is 9.50 Å². The van der Waals surface area contributed by atoms with Crippen molar-refractivity contribution in [3.8, 4) is 0 Å². The summed E-state index contributed by atoms with van der Waals surface area (Å²) in [7, 11) is 0. The van der Waals surface area contributed by atoms with Gasteiger partial charge in [0, 0.05) is 5.75 Å². The number of nitrogens with one attached hydrogen (secondary N) is 1. The molecule has 1 fully saturated rings. The molecule has 3 atom stereocenters. The molecule has 158 valence electrons. The highest BCUT2D eigenvalue weighted by Crippen LogP contribution is 2.31. The van der Waals surface area contributed by atoms with Crippen molar-refractivity contribution < 1.29 is 19.7 Å². The van der Waals surface area contributed by atoms with Gasteiger partial charge in [-0.15, -0.1) is 0 Å². The first-order chi connectivity index (χ1) is 12.5. The second-order valence-corrected chi connectivity index (χ2v) is 7.66. The minimum absolute atomic E-state index is 0.162. The van der Waals surface area contributed by atoms with Gasteiger partial charge < -0.3 is 26.4 Å². The zero-order chi connectivity index (χ0) is 21.2. The van der Waals surface area contributed by atoms with Crippen molar-refractivity contribution in [1.82, 2.24) is 9.97 Å². The molecular weight excluding hydrogens is 395 g/mol. The predicted molar refractivity (Wildman–Crippen MR) is 110 cm³/mol. The van der Waals surface area contributed by atoms with Gasteiger partial charge in [-0.2, -0.15) is 0 Å². The van der Waals surface area contributed by atoms with E-state index in [-0.39, 0.29) is 10.8 Å². The van der Waals surface area contributed by atoms with Crippen LogP contribution in [0.15, 0.2) is 5.16 Å². The number of nitrogens with zero attached hydrogens (tertiary/aromatic N) is 2. The van der Waals surface area contributed by atoms with Gasteiger partial charge in [-0.3, -0.25) is 0 Å². The molecule has 1 aromatic rings. The number of halogens is 2. The summed E-state index contributed by atoms with van der Waals surface area (Å²) < 4.78 is 13.8. The van der Waals surface area contributed by atoms with Gasteiger partial charge in [0.25, 0.3) is 0 Å². The van der Waals surface area contributed by atoms with Crippen LogP contribution in [0.3, 0.4) is 0 Å². The highest BCUT2D eigenvalue weighted by atomic mass is 35.5. The van der Waals surface area contributed by atoms with E-state index >= 15 is 0 Å². The number of hydrogen-bond acceptors (Lipinski definition) is 8. The molecule has 0 saturated heterocycles. The van der Waals surface area contributed by atoms with Crippen LogP contribution in [0.2, 0.25) is 5.15 Å². The number of aliphatic hydroxyl groups excluding tert-OH is 1. The molecule has 0 aromatic carbocycles. The number of nitrogens with two attached hydrogens (primary N) is 1. The first-order valence-corrected chi connectivity index (χ1v) is 10.4. The van der Waals surface area contributed by atoms with Crippen LogP contribution < -0.4 is 11.1 Å². The van der Waals surface area contributed by atoms with Crippen molar-refractivity contribution in [3.63, 3.8) is 0 Å². The Morgan fingerprint density at radius 2 is 1.85 bits per heavy atom. The summed E-state index contributed by atoms with van der Waals surface area (Å²) in [4.78, 5) is 8.37. The van der Waals surface area contributed by atoms with Crippen LogP contribution in [0.25, 0.3) is 0 Å². The smallest absolute Gasteiger partial charge is 0.191 e. The van der Waals surface area contributed by atoms with Crippen LogP contribution in [-0.2, 0) is 0 Å². The normalized spacial score (nSPS) is 21.6. The lowest BCUT2D eigenvalue weighted by Gasteiger charge is -2.18. The Balaban J connectivity index is 0.000000838. The maximum absolute atomic E-state index is 13.8. The summed E-state index contributed by atoms with van der Waals surface area (Å²) in [6, 6.07) is -0.498. The van der Waals surface area contributed by atoms with E-state index < -0.39 is 24.1 Å². The molecule has 7 nitrogen and oxygen atoms in total. The second kappa shape index (κ2) is 12.6. The largest absolute Gasteiger partial charge is 0.393 e. The third-order valence-corrected chi connectivity index (χ3v) is 4.50. The van der Waals surface area contributed by atoms with E-state index in [0.717, 1.165) is 12.2 Å². The quantitative estimate of drug-likeness (QED) is 0.210. The van der Waals surface area contributed by atoms with Gasteiger partial charge in [0.1, 0.15) is 11.9 Å². The lowest BCUT2D eigenvalue weighted by Crippen LogP contribution is -2.31. The lowest BCUT2D eigenvalue weighted by atomic mass is 10.2. The summed E-state index contributed by atoms with van der Waals surface area (Å²) in [5, 5.41) is 29.2. The molecule has 0 amide bonds. The highest BCUT2D eigenvalue weighted by Gasteiger charge is 2.35. The van der Waals surface area contributed by atoms with Gasteiger partial charge in [-0.25, -0.2) is 14.4 Å². The fourth-order valence-corrected chi connectivity index (χ4v) is 2.97. The van der Waals surface area contributed by atoms with Crippen LogP contribution in [0.4, 0.5) is 15.9 Å². The van der Waals surface area contributed by atoms with Gasteiger partial charge in [0.05, 0.1) is 12.1 Å². The summed E-state index contributed by atoms with van der Waals surface area (Å²) in [6.07, 6.45) is -0.314. The average Bonchev–Trinajstić information content (AvgIpc) is 2.89. The molecule has 1 aliphatic carbocycles. The molecule has 6 N–H and O–H groups in total. The van der Waals surface area contributed by atoms with Gasteiger partial charge in [0.2, 0.25) is 0 Å². The number of nitrogen functional groups attached to an aromatic ring is 1. The van der Waals surface area contributed by atoms with E-state index in [4.69, 9.17) is 27.5 Å². The molecule has 0 aliphatic heterocycles. The number of alkyl halides is 1. The molecule has 1 heterocycles. The molecule has 2 unspecified atom stereocenters. The molecule has 10 heteroatoms. The van der Waals surface area contributed by atoms with Crippen molar-refractivity contribution in [2.45, 2.75) is 83.1 Å². The van der Waals surface area contributed by atoms with E-state index in [1.54, 1.807) is 0 Å². The fourth-order valence-electron chi connectivity index (χ4n) is 2.05. The number of hydrogen-bond donors (Lipinski definition) is 5. The summed E-state index contributed by atoms with van der Waals surface area (Å²) in [5.41, 5.74) is 6.03. The molecule has 0 radical (unpaired) electrons. The topological polar surface area (TPSA) is 125 Å². The van der Waals surface area contributed by atoms with E-state index in [2.05, 4.69) is 22.2 Å². The molecule has 1 aromatic heterocycles. The van der Waals surface area contributed by atoms with E-state index in [1.165, 1.54) is 25.6 Å². The standard InChI is InChI=1S/C12H18ClFN4OS.C3H8O2.C2H6/c1-2-5-20-12-17-10(13)9(15)11(18-12)16-6-3-4-7(19)8(6)14;1-3(2,4)5;1-2/h6-8,19H,2-5,15H2,1H3,(H,16,17,18);4-5H,1-2H3;1-2H3/t6-,7?,8?;;/m0../s1. The molecular formula is C17H32ClFN4O3S. The maximum atomic E-state index is 13.8. The number of rotatable bonds is 5. The fraction of sp³-hybridized carbons (Fsp3) is 0.765. The zero-order valence-electron chi connectivity index (χ0n) is 16.5. The van der Waals surface area contributed by atoms with Gasteiger partial charge >= 0.3 is 0 Å². The summed E-state index contributed by atoms with van der Waals surface area (Å²) in [6.45, 7) is 8.65. The van der Waals surface area contributed by atoms with Crippen molar-refractivity contribution in [2.75, 3.05) is 16.8 Å². The Bertz CT molecular complexity index is 558. The van der Waals surface area contributed by atoms with Gasteiger partial charge in [0.15, 0.2) is 21.9 Å². The van der Waals surface area contributed by atoms with Gasteiger partial charge in [-0.1, -0.05) is 44.1 Å². The first kappa shape index (κ1) is 26.1. The Morgan fingerprint density at radius 1 is 1.30 bits per heavy atom. The van der Waals surface area contributed by atoms with E-state index in [0.29, 0.717) is 23.8 Å². The third-order valence-electron chi connectivity index (χ3n) is 3.16. The molecule has 1 aliphatic rings. The monoisotopic (exact) mass is 426 g/mol. The Labute approximate surface area is 169 Å². The van der Waals surface area contributed by atoms with Gasteiger partial charge in [-0.05, 0) is 33.1 Å². The summed E-state index contributed by atoms with van der Waals surface area (Å²) in [5.74, 6) is -0.293. The lowest BCUT2D eigenvalue weighted by molar-refractivity contribution is -0.127. The number of thioether (sulfide) groups is 1. The SMILES string of the molecule is CC.CC(C)(O)O.CCCSc1nc(Cl)c(N)c(N[C@H]2CCC(O)C2F)n1. The molecule has 2 rings (SSSR count). The van der Waals surface area contributed by atoms with Crippen LogP contribution in [-0.4, -0.2) is 55.1 Å². The first-order valence-electron chi connectivity index (χ1n) is 9.02. The van der Waals surface area contributed by atoms with Crippen LogP contribution in [0.5, 0.6) is 0 Å². The summed E-state index contributed by atoms with van der Waals surface area (Å²) >= 11 is 7.45. The van der Waals surface area contributed by atoms with Crippen molar-refractivity contribution in [2.24, 2.45) is 0 Å². The Kier molecular flexibility index (Phi) is 12.2. The van der Waals surface area contributed by atoms with E-state index in [1.807, 2.05) is 13.8 Å². The van der Waals surface area contributed by atoms with Crippen molar-refractivity contribution in [3.05, 3.63) is 5.15 Å². The average molecular weight is 427 g/mol. The number of aliphatic hydroxyl groups is 3. The van der Waals surface area contributed by atoms with Crippen LogP contribution in [0, 0.1) is 0 Å². The minimum Gasteiger partial charge on any atom is -0.393 e. The van der Waals surface area contributed by atoms with Crippen LogP contribution >= 0.6 is 23.4 Å². The highest BCUT2D eigenvalue weighted by molar-refractivity contribution is 7.99. The Hall–Kier alpha value is -0.870. The van der Waals surface area contributed by atoms with Crippen molar-refractivity contribution >= 4 is 34.9 Å². The molecule has 27 heavy (non-hydrogen) atoms. The Morgan fingerprint density at radius 3 is 2.30 bits per heavy atom. The number of aromatic nitrogens is 2. The second-order valence-electron chi connectivity index (χ2n) is 6.24. The van der Waals surface area contributed by atoms with Crippen molar-refractivity contribution in [1.29, 1.82) is 0 Å². The predicted octanol–water partition coefficient (Wildman–Crippen LogP) is 3.22. The number of anilines is 2. The van der Waals surface area contributed by atoms with Crippen LogP contribution in [0.1, 0.15) is 53.9 Å². The maximum Gasteiger partial charge on any atom is 0.191 e. The zero-order valence-corrected chi connectivity index (χ0v) is 18.1. The molecule has 1 saturated carbocycles. The third kappa shape index (κ3) is 10.3. The molecule has 0 spiro atoms. The minimum atomic E-state index is -1.50. The molecule has 0 bridgehead atoms.